The van der Waals surface area contributed by atoms with E-state index in [1.54, 1.807) is 41.2 Å². The maximum Gasteiger partial charge on any atom is 0.321 e. The van der Waals surface area contributed by atoms with E-state index in [0.717, 1.165) is 11.3 Å². The summed E-state index contributed by atoms with van der Waals surface area (Å²) in [5.74, 6) is 0.437. The molecule has 4 amide bonds. The Labute approximate surface area is 234 Å². The molecule has 9 heteroatoms. The predicted molar refractivity (Wildman–Crippen MR) is 154 cm³/mol. The third-order valence-corrected chi connectivity index (χ3v) is 7.81. The van der Waals surface area contributed by atoms with Crippen molar-refractivity contribution in [2.75, 3.05) is 43.6 Å². The van der Waals surface area contributed by atoms with E-state index < -0.39 is 5.54 Å². The van der Waals surface area contributed by atoms with Crippen molar-refractivity contribution in [3.8, 4) is 5.75 Å². The number of para-hydroxylation sites is 1. The number of amides is 4. The van der Waals surface area contributed by atoms with Crippen LogP contribution in [0.1, 0.15) is 31.4 Å². The molecular formula is C31H35N5O4. The second kappa shape index (κ2) is 11.7. The summed E-state index contributed by atoms with van der Waals surface area (Å²) in [5, 5.41) is 5.95. The molecule has 9 nitrogen and oxygen atoms in total. The highest BCUT2D eigenvalue weighted by molar-refractivity contribution is 5.97. The lowest BCUT2D eigenvalue weighted by atomic mass is 9.85. The summed E-state index contributed by atoms with van der Waals surface area (Å²) in [6, 6.07) is 26.4. The number of rotatable bonds is 7. The second-order valence-corrected chi connectivity index (χ2v) is 10.3. The Bertz CT molecular complexity index is 1320. The summed E-state index contributed by atoms with van der Waals surface area (Å²) in [6.07, 6.45) is 0.935. The Morgan fingerprint density at radius 2 is 1.55 bits per heavy atom. The zero-order valence-electron chi connectivity index (χ0n) is 22.9. The number of piperidine rings is 1. The summed E-state index contributed by atoms with van der Waals surface area (Å²) in [4.78, 5) is 45.4. The summed E-state index contributed by atoms with van der Waals surface area (Å²) in [6.45, 7) is 3.06. The Morgan fingerprint density at radius 3 is 2.17 bits per heavy atom. The molecule has 0 aliphatic carbocycles. The molecule has 2 fully saturated rings. The summed E-state index contributed by atoms with van der Waals surface area (Å²) >= 11 is 0. The van der Waals surface area contributed by atoms with E-state index in [2.05, 4.69) is 15.5 Å². The van der Waals surface area contributed by atoms with Crippen LogP contribution in [-0.4, -0.2) is 66.6 Å². The minimum Gasteiger partial charge on any atom is -0.497 e. The van der Waals surface area contributed by atoms with Gasteiger partial charge < -0.3 is 30.1 Å². The molecule has 0 radical (unpaired) electrons. The second-order valence-electron chi connectivity index (χ2n) is 10.3. The number of urea groups is 1. The first-order chi connectivity index (χ1) is 19.4. The highest BCUT2D eigenvalue weighted by atomic mass is 16.5. The van der Waals surface area contributed by atoms with Crippen molar-refractivity contribution in [1.29, 1.82) is 0 Å². The van der Waals surface area contributed by atoms with Crippen LogP contribution in [0.25, 0.3) is 0 Å². The van der Waals surface area contributed by atoms with Crippen molar-refractivity contribution >= 4 is 29.2 Å². The van der Waals surface area contributed by atoms with Crippen LogP contribution in [0, 0.1) is 0 Å². The fourth-order valence-electron chi connectivity index (χ4n) is 5.56. The van der Waals surface area contributed by atoms with Crippen molar-refractivity contribution in [2.45, 2.75) is 31.3 Å². The van der Waals surface area contributed by atoms with E-state index in [9.17, 15) is 14.4 Å². The van der Waals surface area contributed by atoms with Gasteiger partial charge in [0.15, 0.2) is 0 Å². The predicted octanol–water partition coefficient (Wildman–Crippen LogP) is 4.25. The Hall–Kier alpha value is -4.53. The average Bonchev–Trinajstić information content (AvgIpc) is 3.24. The van der Waals surface area contributed by atoms with Crippen LogP contribution in [0.5, 0.6) is 5.75 Å². The minimum atomic E-state index is -0.816. The maximum atomic E-state index is 14.0. The smallest absolute Gasteiger partial charge is 0.321 e. The molecule has 5 rings (SSSR count). The molecule has 1 spiro atoms. The van der Waals surface area contributed by atoms with Crippen LogP contribution in [0.3, 0.4) is 0 Å². The molecule has 0 bridgehead atoms. The molecule has 208 valence electrons. The number of methoxy groups -OCH3 is 1. The molecule has 2 saturated heterocycles. The van der Waals surface area contributed by atoms with Crippen LogP contribution < -0.4 is 20.3 Å². The highest BCUT2D eigenvalue weighted by Gasteiger charge is 2.54. The fraction of sp³-hybridized carbons (Fsp3) is 0.323. The average molecular weight is 542 g/mol. The number of benzene rings is 3. The molecule has 2 aliphatic heterocycles. The minimum absolute atomic E-state index is 0.0250. The number of nitrogens with zero attached hydrogens (tertiary/aromatic N) is 3. The molecule has 2 heterocycles. The lowest BCUT2D eigenvalue weighted by Gasteiger charge is -2.43. The molecular weight excluding hydrogens is 506 g/mol. The Morgan fingerprint density at radius 1 is 0.925 bits per heavy atom. The van der Waals surface area contributed by atoms with Crippen LogP contribution in [-0.2, 0) is 9.59 Å². The number of nitrogens with one attached hydrogen (secondary N) is 2. The van der Waals surface area contributed by atoms with E-state index in [4.69, 9.17) is 4.74 Å². The maximum absolute atomic E-state index is 14.0. The lowest BCUT2D eigenvalue weighted by molar-refractivity contribution is -0.137. The van der Waals surface area contributed by atoms with Crippen LogP contribution in [0.4, 0.5) is 16.2 Å². The van der Waals surface area contributed by atoms with E-state index in [1.165, 1.54) is 0 Å². The SMILES string of the molecule is COc1ccc(NC(=O)N2CCC3(CC2)C(=O)N(CC(=O)NC(C)c2ccccc2)CN3c2ccccc2)cc1. The number of carbonyl (C=O) groups is 3. The van der Waals surface area contributed by atoms with Gasteiger partial charge in [-0.3, -0.25) is 9.59 Å². The normalized spacial score (nSPS) is 17.1. The summed E-state index contributed by atoms with van der Waals surface area (Å²) in [7, 11) is 1.60. The van der Waals surface area contributed by atoms with Gasteiger partial charge in [0, 0.05) is 24.5 Å². The fourth-order valence-corrected chi connectivity index (χ4v) is 5.56. The molecule has 0 aromatic heterocycles. The van der Waals surface area contributed by atoms with Crippen molar-refractivity contribution in [3.05, 3.63) is 90.5 Å². The highest BCUT2D eigenvalue weighted by Crippen LogP contribution is 2.39. The molecule has 2 aliphatic rings. The van der Waals surface area contributed by atoms with Gasteiger partial charge in [0.25, 0.3) is 5.91 Å². The number of carbonyl (C=O) groups excluding carboxylic acids is 3. The summed E-state index contributed by atoms with van der Waals surface area (Å²) < 4.78 is 5.18. The van der Waals surface area contributed by atoms with E-state index in [0.29, 0.717) is 44.0 Å². The van der Waals surface area contributed by atoms with Crippen molar-refractivity contribution in [3.63, 3.8) is 0 Å². The monoisotopic (exact) mass is 541 g/mol. The standard InChI is InChI=1S/C31H35N5O4/c1-23(24-9-5-3-6-10-24)32-28(37)21-35-22-36(26-11-7-4-8-12-26)31(29(35)38)17-19-34(20-18-31)30(39)33-25-13-15-27(40-2)16-14-25/h3-16,23H,17-22H2,1-2H3,(H,32,37)(H,33,39). The Kier molecular flexibility index (Phi) is 7.91. The van der Waals surface area contributed by atoms with E-state index in [1.807, 2.05) is 67.6 Å². The van der Waals surface area contributed by atoms with Gasteiger partial charge in [-0.15, -0.1) is 0 Å². The molecule has 3 aromatic carbocycles. The summed E-state index contributed by atoms with van der Waals surface area (Å²) in [5.41, 5.74) is 1.79. The molecule has 1 atom stereocenters. The van der Waals surface area contributed by atoms with Crippen molar-refractivity contribution in [1.82, 2.24) is 15.1 Å². The number of hydrogen-bond donors (Lipinski definition) is 2. The van der Waals surface area contributed by atoms with E-state index >= 15 is 0 Å². The van der Waals surface area contributed by atoms with Gasteiger partial charge in [0.1, 0.15) is 17.8 Å². The van der Waals surface area contributed by atoms with Gasteiger partial charge in [0.2, 0.25) is 5.91 Å². The van der Waals surface area contributed by atoms with E-state index in [-0.39, 0.29) is 30.4 Å². The van der Waals surface area contributed by atoms with Crippen LogP contribution in [0.2, 0.25) is 0 Å². The molecule has 1 unspecified atom stereocenters. The number of anilines is 2. The molecule has 0 saturated carbocycles. The van der Waals surface area contributed by atoms with Crippen LogP contribution in [0.15, 0.2) is 84.9 Å². The van der Waals surface area contributed by atoms with Gasteiger partial charge in [0.05, 0.1) is 19.8 Å². The topological polar surface area (TPSA) is 94.2 Å². The number of ether oxygens (including phenoxy) is 1. The van der Waals surface area contributed by atoms with Crippen LogP contribution >= 0.6 is 0 Å². The van der Waals surface area contributed by atoms with Crippen molar-refractivity contribution in [2.24, 2.45) is 0 Å². The third-order valence-electron chi connectivity index (χ3n) is 7.81. The molecule has 3 aromatic rings. The zero-order chi connectivity index (χ0) is 28.1. The zero-order valence-corrected chi connectivity index (χ0v) is 22.9. The number of hydrogen-bond acceptors (Lipinski definition) is 5. The first kappa shape index (κ1) is 27.1. The first-order valence-corrected chi connectivity index (χ1v) is 13.6. The van der Waals surface area contributed by atoms with Crippen molar-refractivity contribution < 1.29 is 19.1 Å². The van der Waals surface area contributed by atoms with Gasteiger partial charge in [-0.1, -0.05) is 48.5 Å². The molecule has 40 heavy (non-hydrogen) atoms. The van der Waals surface area contributed by atoms with Gasteiger partial charge in [-0.05, 0) is 61.7 Å². The largest absolute Gasteiger partial charge is 0.497 e. The van der Waals surface area contributed by atoms with Gasteiger partial charge >= 0.3 is 6.03 Å². The molecule has 2 N–H and O–H groups in total. The van der Waals surface area contributed by atoms with Gasteiger partial charge in [-0.2, -0.15) is 0 Å². The number of likely N-dealkylation sites (tertiary alicyclic amines) is 1. The lowest BCUT2D eigenvalue weighted by Crippen LogP contribution is -2.58. The van der Waals surface area contributed by atoms with Gasteiger partial charge in [-0.25, -0.2) is 4.79 Å². The first-order valence-electron chi connectivity index (χ1n) is 13.6. The third kappa shape index (κ3) is 5.59. The quantitative estimate of drug-likeness (QED) is 0.467. The Balaban J connectivity index is 1.27.